The van der Waals surface area contributed by atoms with Gasteiger partial charge in [-0.3, -0.25) is 19.2 Å². The van der Waals surface area contributed by atoms with Crippen LogP contribution in [-0.4, -0.2) is 61.5 Å². The van der Waals surface area contributed by atoms with E-state index in [-0.39, 0.29) is 13.2 Å². The molecule has 0 aromatic rings. The average Bonchev–Trinajstić information content (AvgIpc) is 2.39. The molecular weight excluding hydrogens is 312 g/mol. The molecule has 4 atom stereocenters. The third-order valence-corrected chi connectivity index (χ3v) is 2.90. The number of ether oxygens (including phenoxy) is 5. The molecule has 23 heavy (non-hydrogen) atoms. The first-order valence-electron chi connectivity index (χ1n) is 6.97. The van der Waals surface area contributed by atoms with Gasteiger partial charge < -0.3 is 23.7 Å². The van der Waals surface area contributed by atoms with Gasteiger partial charge in [0.15, 0.2) is 18.3 Å². The molecule has 0 amide bonds. The zero-order valence-electron chi connectivity index (χ0n) is 13.4. The maximum absolute atomic E-state index is 11.3. The molecule has 0 N–H and O–H groups in total. The minimum absolute atomic E-state index is 0.0960. The molecule has 1 fully saturated rings. The number of hydrogen-bond acceptors (Lipinski definition) is 9. The number of hydrogen-bond donors (Lipinski definition) is 0. The predicted molar refractivity (Wildman–Crippen MR) is 73.0 cm³/mol. The highest BCUT2D eigenvalue weighted by molar-refractivity contribution is 5.68. The Morgan fingerprint density at radius 2 is 1.35 bits per heavy atom. The molecule has 0 aromatic heterocycles. The van der Waals surface area contributed by atoms with Gasteiger partial charge in [-0.05, 0) is 0 Å². The summed E-state index contributed by atoms with van der Waals surface area (Å²) in [5.74, 6) is -2.43. The van der Waals surface area contributed by atoms with Gasteiger partial charge in [0.1, 0.15) is 12.7 Å². The summed E-state index contributed by atoms with van der Waals surface area (Å²) >= 11 is 0. The van der Waals surface area contributed by atoms with E-state index in [2.05, 4.69) is 0 Å². The molecule has 0 bridgehead atoms. The lowest BCUT2D eigenvalue weighted by molar-refractivity contribution is -0.231. The highest BCUT2D eigenvalue weighted by atomic mass is 16.7. The van der Waals surface area contributed by atoms with Crippen LogP contribution < -0.4 is 0 Å². The maximum atomic E-state index is 11.3. The lowest BCUT2D eigenvalue weighted by Crippen LogP contribution is -2.58. The van der Waals surface area contributed by atoms with Crippen LogP contribution in [0.4, 0.5) is 0 Å². The molecule has 1 rings (SSSR count). The summed E-state index contributed by atoms with van der Waals surface area (Å²) in [4.78, 5) is 44.8. The fourth-order valence-electron chi connectivity index (χ4n) is 2.16. The zero-order chi connectivity index (χ0) is 17.6. The molecule has 1 heterocycles. The molecule has 130 valence electrons. The summed E-state index contributed by atoms with van der Waals surface area (Å²) in [5, 5.41) is 0. The summed E-state index contributed by atoms with van der Waals surface area (Å²) in [6.07, 6.45) is -3.92. The van der Waals surface area contributed by atoms with Crippen LogP contribution in [0.3, 0.4) is 0 Å². The van der Waals surface area contributed by atoms with Gasteiger partial charge >= 0.3 is 23.9 Å². The largest absolute Gasteiger partial charge is 0.463 e. The second-order valence-corrected chi connectivity index (χ2v) is 4.97. The van der Waals surface area contributed by atoms with Gasteiger partial charge in [0.25, 0.3) is 0 Å². The summed E-state index contributed by atoms with van der Waals surface area (Å²) in [5.41, 5.74) is 0. The fraction of sp³-hybridized carbons (Fsp3) is 0.714. The molecule has 0 spiro atoms. The first-order chi connectivity index (χ1) is 10.7. The molecule has 0 saturated carbocycles. The van der Waals surface area contributed by atoms with E-state index in [1.807, 2.05) is 0 Å². The van der Waals surface area contributed by atoms with Crippen LogP contribution in [0.2, 0.25) is 0 Å². The van der Waals surface area contributed by atoms with Crippen molar-refractivity contribution in [1.82, 2.24) is 0 Å². The quantitative estimate of drug-likeness (QED) is 0.496. The predicted octanol–water partition coefficient (Wildman–Crippen LogP) is -0.257. The van der Waals surface area contributed by atoms with Gasteiger partial charge in [-0.15, -0.1) is 0 Å². The Morgan fingerprint density at radius 1 is 0.826 bits per heavy atom. The summed E-state index contributed by atoms with van der Waals surface area (Å²) < 4.78 is 25.6. The van der Waals surface area contributed by atoms with E-state index in [9.17, 15) is 19.2 Å². The van der Waals surface area contributed by atoms with Crippen molar-refractivity contribution in [3.05, 3.63) is 0 Å². The molecule has 9 nitrogen and oxygen atoms in total. The Labute approximate surface area is 133 Å². The van der Waals surface area contributed by atoms with Crippen LogP contribution in [0.1, 0.15) is 27.7 Å². The number of carbonyl (C=O) groups is 4. The molecule has 1 saturated heterocycles. The van der Waals surface area contributed by atoms with E-state index in [4.69, 9.17) is 23.7 Å². The Balaban J connectivity index is 2.98. The number of carbonyl (C=O) groups excluding carboxylic acids is 4. The van der Waals surface area contributed by atoms with Crippen molar-refractivity contribution >= 4 is 23.9 Å². The van der Waals surface area contributed by atoms with E-state index in [0.717, 1.165) is 0 Å². The SMILES string of the molecule is CC(=O)OC[C@@H]1OC[C@@H](OC(C)=O)[C@H](OC(C)=O)[C@H]1OC(C)=O. The summed E-state index contributed by atoms with van der Waals surface area (Å²) in [6.45, 7) is 4.46. The minimum atomic E-state index is -1.08. The molecule has 0 radical (unpaired) electrons. The lowest BCUT2D eigenvalue weighted by Gasteiger charge is -2.40. The molecule has 1 aliphatic rings. The Bertz CT molecular complexity index is 473. The first-order valence-corrected chi connectivity index (χ1v) is 6.97. The molecular formula is C14H20O9. The van der Waals surface area contributed by atoms with Crippen molar-refractivity contribution in [3.8, 4) is 0 Å². The van der Waals surface area contributed by atoms with Crippen LogP contribution >= 0.6 is 0 Å². The van der Waals surface area contributed by atoms with E-state index in [0.29, 0.717) is 0 Å². The van der Waals surface area contributed by atoms with Crippen molar-refractivity contribution in [2.45, 2.75) is 52.1 Å². The van der Waals surface area contributed by atoms with Crippen molar-refractivity contribution < 1.29 is 42.9 Å². The van der Waals surface area contributed by atoms with Crippen LogP contribution in [0.5, 0.6) is 0 Å². The summed E-state index contributed by atoms with van der Waals surface area (Å²) in [6, 6.07) is 0. The standard InChI is InChI=1S/C14H20O9/c1-7(15)19-5-11-13(22-9(3)17)14(23-10(4)18)12(6-20-11)21-8(2)16/h11-14H,5-6H2,1-4H3/t11-,12+,13-,14-/m0/s1. The maximum Gasteiger partial charge on any atom is 0.303 e. The van der Waals surface area contributed by atoms with Crippen LogP contribution in [-0.2, 0) is 42.9 Å². The summed E-state index contributed by atoms with van der Waals surface area (Å²) in [7, 11) is 0. The van der Waals surface area contributed by atoms with E-state index in [1.165, 1.54) is 27.7 Å². The number of rotatable bonds is 5. The molecule has 0 unspecified atom stereocenters. The Kier molecular flexibility index (Phi) is 6.95. The molecule has 0 aromatic carbocycles. The highest BCUT2D eigenvalue weighted by Gasteiger charge is 2.47. The molecule has 9 heteroatoms. The monoisotopic (exact) mass is 332 g/mol. The lowest BCUT2D eigenvalue weighted by atomic mass is 9.99. The topological polar surface area (TPSA) is 114 Å². The van der Waals surface area contributed by atoms with Gasteiger partial charge in [0, 0.05) is 27.7 Å². The van der Waals surface area contributed by atoms with Crippen molar-refractivity contribution in [1.29, 1.82) is 0 Å². The van der Waals surface area contributed by atoms with Gasteiger partial charge in [0.05, 0.1) is 6.61 Å². The van der Waals surface area contributed by atoms with E-state index >= 15 is 0 Å². The van der Waals surface area contributed by atoms with Crippen molar-refractivity contribution in [2.75, 3.05) is 13.2 Å². The van der Waals surface area contributed by atoms with E-state index in [1.54, 1.807) is 0 Å². The third kappa shape index (κ3) is 6.23. The second kappa shape index (κ2) is 8.47. The normalized spacial score (nSPS) is 26.8. The third-order valence-electron chi connectivity index (χ3n) is 2.90. The first kappa shape index (κ1) is 18.9. The van der Waals surface area contributed by atoms with Crippen molar-refractivity contribution in [3.63, 3.8) is 0 Å². The Morgan fingerprint density at radius 3 is 1.83 bits per heavy atom. The van der Waals surface area contributed by atoms with E-state index < -0.39 is 48.3 Å². The Hall–Kier alpha value is -2.16. The van der Waals surface area contributed by atoms with Gasteiger partial charge in [0.2, 0.25) is 0 Å². The average molecular weight is 332 g/mol. The molecule has 1 aliphatic heterocycles. The zero-order valence-corrected chi connectivity index (χ0v) is 13.4. The highest BCUT2D eigenvalue weighted by Crippen LogP contribution is 2.24. The van der Waals surface area contributed by atoms with Crippen molar-refractivity contribution in [2.24, 2.45) is 0 Å². The van der Waals surface area contributed by atoms with Gasteiger partial charge in [-0.2, -0.15) is 0 Å². The fourth-order valence-corrected chi connectivity index (χ4v) is 2.16. The van der Waals surface area contributed by atoms with Crippen LogP contribution in [0, 0.1) is 0 Å². The van der Waals surface area contributed by atoms with Crippen LogP contribution in [0.25, 0.3) is 0 Å². The van der Waals surface area contributed by atoms with Gasteiger partial charge in [-0.25, -0.2) is 0 Å². The molecule has 0 aliphatic carbocycles. The minimum Gasteiger partial charge on any atom is -0.463 e. The second-order valence-electron chi connectivity index (χ2n) is 4.97. The van der Waals surface area contributed by atoms with Gasteiger partial charge in [-0.1, -0.05) is 0 Å². The van der Waals surface area contributed by atoms with Crippen LogP contribution in [0.15, 0.2) is 0 Å². The smallest absolute Gasteiger partial charge is 0.303 e. The number of esters is 4.